The lowest BCUT2D eigenvalue weighted by Gasteiger charge is -2.09. The van der Waals surface area contributed by atoms with Gasteiger partial charge in [0, 0.05) is 16.5 Å². The van der Waals surface area contributed by atoms with Crippen LogP contribution in [0.3, 0.4) is 0 Å². The van der Waals surface area contributed by atoms with Crippen molar-refractivity contribution in [3.63, 3.8) is 0 Å². The second kappa shape index (κ2) is 9.95. The van der Waals surface area contributed by atoms with E-state index in [-0.39, 0.29) is 24.9 Å². The maximum atomic E-state index is 13.3. The fraction of sp³-hybridized carbons (Fsp3) is 0.182. The number of nitrogens with two attached hydrogens (primary N) is 1. The van der Waals surface area contributed by atoms with Gasteiger partial charge in [-0.1, -0.05) is 42.5 Å². The number of nitrogens with one attached hydrogen (secondary N) is 1. The van der Waals surface area contributed by atoms with E-state index in [4.69, 9.17) is 4.74 Å². The van der Waals surface area contributed by atoms with Crippen molar-refractivity contribution in [3.8, 4) is 11.1 Å². The van der Waals surface area contributed by atoms with Crippen molar-refractivity contribution in [1.82, 2.24) is 0 Å². The van der Waals surface area contributed by atoms with E-state index in [1.165, 1.54) is 23.5 Å². The molecule has 0 bridgehead atoms. The van der Waals surface area contributed by atoms with Crippen LogP contribution in [-0.4, -0.2) is 25.0 Å². The number of anilines is 1. The van der Waals surface area contributed by atoms with Crippen molar-refractivity contribution in [3.05, 3.63) is 76.9 Å². The predicted molar refractivity (Wildman–Crippen MR) is 111 cm³/mol. The third-order valence-corrected chi connectivity index (χ3v) is 5.13. The van der Waals surface area contributed by atoms with Gasteiger partial charge in [-0.3, -0.25) is 4.79 Å². The van der Waals surface area contributed by atoms with Gasteiger partial charge in [0.2, 0.25) is 0 Å². The molecule has 3 N–H and O–H groups in total. The number of thiophene rings is 1. The zero-order valence-electron chi connectivity index (χ0n) is 16.0. The summed E-state index contributed by atoms with van der Waals surface area (Å²) in [5.74, 6) is -1.08. The Hall–Kier alpha value is -3.03. The molecule has 0 unspecified atom stereocenters. The number of carbonyl (C=O) groups excluding carboxylic acids is 2. The van der Waals surface area contributed by atoms with Crippen molar-refractivity contribution in [1.29, 1.82) is 0 Å². The Bertz CT molecular complexity index is 971. The van der Waals surface area contributed by atoms with Crippen molar-refractivity contribution < 1.29 is 24.0 Å². The average molecular weight is 413 g/mol. The van der Waals surface area contributed by atoms with Gasteiger partial charge in [-0.15, -0.1) is 11.3 Å². The SMILES string of the molecule is CCOC(=O)c1c(-c2ccc(F)cc2)csc1NC(=O)C[NH2+]Cc1ccccc1. The monoisotopic (exact) mass is 413 g/mol. The molecule has 5 nitrogen and oxygen atoms in total. The molecule has 1 amide bonds. The van der Waals surface area contributed by atoms with E-state index in [9.17, 15) is 14.0 Å². The summed E-state index contributed by atoms with van der Waals surface area (Å²) in [7, 11) is 0. The van der Waals surface area contributed by atoms with Crippen LogP contribution in [0.1, 0.15) is 22.8 Å². The maximum absolute atomic E-state index is 13.3. The summed E-state index contributed by atoms with van der Waals surface area (Å²) in [6.45, 7) is 2.85. The second-order valence-corrected chi connectivity index (χ2v) is 7.19. The number of amides is 1. The lowest BCUT2D eigenvalue weighted by molar-refractivity contribution is -0.659. The molecule has 0 radical (unpaired) electrons. The van der Waals surface area contributed by atoms with Gasteiger partial charge in [-0.05, 0) is 24.6 Å². The van der Waals surface area contributed by atoms with Crippen LogP contribution < -0.4 is 10.6 Å². The van der Waals surface area contributed by atoms with E-state index in [0.717, 1.165) is 5.56 Å². The van der Waals surface area contributed by atoms with Crippen LogP contribution in [-0.2, 0) is 16.1 Å². The highest BCUT2D eigenvalue weighted by Crippen LogP contribution is 2.36. The van der Waals surface area contributed by atoms with Gasteiger partial charge in [0.05, 0.1) is 6.61 Å². The van der Waals surface area contributed by atoms with Crippen LogP contribution >= 0.6 is 11.3 Å². The standard InChI is InChI=1S/C22H21FN2O3S/c1-2-28-22(27)20-18(16-8-10-17(23)11-9-16)14-29-21(20)25-19(26)13-24-12-15-6-4-3-5-7-15/h3-11,14,24H,2,12-13H2,1H3,(H,25,26)/p+1. The van der Waals surface area contributed by atoms with Gasteiger partial charge in [-0.2, -0.15) is 0 Å². The lowest BCUT2D eigenvalue weighted by atomic mass is 10.0. The summed E-state index contributed by atoms with van der Waals surface area (Å²) < 4.78 is 18.4. The highest BCUT2D eigenvalue weighted by molar-refractivity contribution is 7.15. The number of carbonyl (C=O) groups is 2. The molecule has 1 heterocycles. The fourth-order valence-corrected chi connectivity index (χ4v) is 3.83. The second-order valence-electron chi connectivity index (χ2n) is 6.31. The summed E-state index contributed by atoms with van der Waals surface area (Å²) in [5, 5.41) is 6.90. The minimum Gasteiger partial charge on any atom is -0.462 e. The molecule has 29 heavy (non-hydrogen) atoms. The zero-order valence-corrected chi connectivity index (χ0v) is 16.8. The van der Waals surface area contributed by atoms with E-state index >= 15 is 0 Å². The summed E-state index contributed by atoms with van der Waals surface area (Å²) >= 11 is 1.25. The smallest absolute Gasteiger partial charge is 0.341 e. The molecule has 7 heteroatoms. The minimum atomic E-state index is -0.517. The number of hydrogen-bond acceptors (Lipinski definition) is 4. The normalized spacial score (nSPS) is 10.6. The number of ether oxygens (including phenoxy) is 1. The van der Waals surface area contributed by atoms with Crippen molar-refractivity contribution >= 4 is 28.2 Å². The van der Waals surface area contributed by atoms with Gasteiger partial charge >= 0.3 is 5.97 Å². The molecule has 0 saturated carbocycles. The van der Waals surface area contributed by atoms with Crippen LogP contribution in [0.5, 0.6) is 0 Å². The number of hydrogen-bond donors (Lipinski definition) is 2. The van der Waals surface area contributed by atoms with E-state index in [0.29, 0.717) is 28.2 Å². The number of quaternary nitrogens is 1. The molecule has 0 aliphatic rings. The first kappa shape index (κ1) is 20.7. The van der Waals surface area contributed by atoms with Crippen LogP contribution in [0.25, 0.3) is 11.1 Å². The maximum Gasteiger partial charge on any atom is 0.341 e. The molecule has 0 fully saturated rings. The fourth-order valence-electron chi connectivity index (χ4n) is 2.86. The molecule has 150 valence electrons. The van der Waals surface area contributed by atoms with Gasteiger partial charge < -0.3 is 15.4 Å². The van der Waals surface area contributed by atoms with Crippen molar-refractivity contribution in [2.75, 3.05) is 18.5 Å². The van der Waals surface area contributed by atoms with Crippen LogP contribution in [0.4, 0.5) is 9.39 Å². The molecule has 2 aromatic carbocycles. The number of benzene rings is 2. The zero-order chi connectivity index (χ0) is 20.6. The highest BCUT2D eigenvalue weighted by atomic mass is 32.1. The van der Waals surface area contributed by atoms with Gasteiger partial charge in [0.15, 0.2) is 6.54 Å². The molecular weight excluding hydrogens is 391 g/mol. The van der Waals surface area contributed by atoms with Crippen LogP contribution in [0, 0.1) is 5.82 Å². The van der Waals surface area contributed by atoms with Crippen molar-refractivity contribution in [2.45, 2.75) is 13.5 Å². The molecule has 1 aromatic heterocycles. The summed E-state index contributed by atoms with van der Waals surface area (Å²) in [6, 6.07) is 15.7. The lowest BCUT2D eigenvalue weighted by Crippen LogP contribution is -2.84. The quantitative estimate of drug-likeness (QED) is 0.556. The van der Waals surface area contributed by atoms with E-state index < -0.39 is 5.97 Å². The van der Waals surface area contributed by atoms with Crippen LogP contribution in [0.2, 0.25) is 0 Å². The average Bonchev–Trinajstić information content (AvgIpc) is 3.13. The van der Waals surface area contributed by atoms with E-state index in [1.54, 1.807) is 24.4 Å². The largest absolute Gasteiger partial charge is 0.462 e. The Balaban J connectivity index is 1.73. The molecule has 3 rings (SSSR count). The predicted octanol–water partition coefficient (Wildman–Crippen LogP) is 3.43. The number of rotatable bonds is 8. The van der Waals surface area contributed by atoms with Gasteiger partial charge in [0.25, 0.3) is 5.91 Å². The Kier molecular flexibility index (Phi) is 7.10. The highest BCUT2D eigenvalue weighted by Gasteiger charge is 2.23. The molecule has 0 aliphatic heterocycles. The summed E-state index contributed by atoms with van der Waals surface area (Å²) in [4.78, 5) is 24.9. The van der Waals surface area contributed by atoms with Crippen molar-refractivity contribution in [2.24, 2.45) is 0 Å². The van der Waals surface area contributed by atoms with E-state index in [2.05, 4.69) is 5.32 Å². The van der Waals surface area contributed by atoms with Gasteiger partial charge in [0.1, 0.15) is 22.9 Å². The third kappa shape index (κ3) is 5.49. The Labute approximate surface area is 172 Å². The first-order chi connectivity index (χ1) is 14.1. The molecule has 0 spiro atoms. The number of esters is 1. The molecule has 0 aliphatic carbocycles. The first-order valence-corrected chi connectivity index (χ1v) is 10.2. The summed E-state index contributed by atoms with van der Waals surface area (Å²) in [5.41, 5.74) is 2.71. The molecule has 0 saturated heterocycles. The van der Waals surface area contributed by atoms with Gasteiger partial charge in [-0.25, -0.2) is 9.18 Å². The molecule has 3 aromatic rings. The third-order valence-electron chi connectivity index (χ3n) is 4.23. The summed E-state index contributed by atoms with van der Waals surface area (Å²) in [6.07, 6.45) is 0. The minimum absolute atomic E-state index is 0.209. The Morgan fingerprint density at radius 2 is 1.83 bits per heavy atom. The number of halogens is 1. The Morgan fingerprint density at radius 3 is 2.52 bits per heavy atom. The topological polar surface area (TPSA) is 72.0 Å². The van der Waals surface area contributed by atoms with Crippen LogP contribution in [0.15, 0.2) is 60.0 Å². The molecular formula is C22H22FN2O3S+. The Morgan fingerprint density at radius 1 is 1.10 bits per heavy atom. The first-order valence-electron chi connectivity index (χ1n) is 9.28. The van der Waals surface area contributed by atoms with E-state index in [1.807, 2.05) is 35.6 Å². The molecule has 0 atom stereocenters.